The molecule has 0 bridgehead atoms. The van der Waals surface area contributed by atoms with Crippen LogP contribution in [-0.2, 0) is 6.42 Å². The zero-order valence-electron chi connectivity index (χ0n) is 9.26. The van der Waals surface area contributed by atoms with Crippen LogP contribution in [0.15, 0.2) is 10.5 Å². The van der Waals surface area contributed by atoms with Gasteiger partial charge in [-0.05, 0) is 31.5 Å². The molecule has 0 saturated heterocycles. The second kappa shape index (κ2) is 3.77. The molecule has 2 nitrogen and oxygen atoms in total. The van der Waals surface area contributed by atoms with Gasteiger partial charge in [-0.1, -0.05) is 13.8 Å². The van der Waals surface area contributed by atoms with Crippen LogP contribution >= 0.6 is 0 Å². The maximum absolute atomic E-state index is 5.91. The molecule has 0 aromatic carbocycles. The van der Waals surface area contributed by atoms with Gasteiger partial charge in [0.1, 0.15) is 11.5 Å². The molecule has 1 N–H and O–H groups in total. The minimum Gasteiger partial charge on any atom is -0.465 e. The van der Waals surface area contributed by atoms with Gasteiger partial charge in [-0.25, -0.2) is 0 Å². The lowest BCUT2D eigenvalue weighted by atomic mass is 10.1. The molecule has 1 aliphatic carbocycles. The summed E-state index contributed by atoms with van der Waals surface area (Å²) >= 11 is 0. The number of hydrogen-bond acceptors (Lipinski definition) is 2. The van der Waals surface area contributed by atoms with E-state index in [0.717, 1.165) is 12.3 Å². The Balaban J connectivity index is 2.21. The molecular formula is C12H19NO. The Labute approximate surface area is 85.7 Å². The molecule has 14 heavy (non-hydrogen) atoms. The topological polar surface area (TPSA) is 25.2 Å². The van der Waals surface area contributed by atoms with E-state index in [2.05, 4.69) is 25.2 Å². The van der Waals surface area contributed by atoms with Crippen molar-refractivity contribution in [1.82, 2.24) is 5.32 Å². The summed E-state index contributed by atoms with van der Waals surface area (Å²) in [5.74, 6) is 3.50. The van der Waals surface area contributed by atoms with Crippen molar-refractivity contribution in [2.45, 2.75) is 38.5 Å². The van der Waals surface area contributed by atoms with Crippen LogP contribution < -0.4 is 5.32 Å². The SMILES string of the molecule is CNCC1CCc2cc(C(C)C)oc21. The number of fused-ring (bicyclic) bond motifs is 1. The molecule has 1 aromatic heterocycles. The summed E-state index contributed by atoms with van der Waals surface area (Å²) in [5.41, 5.74) is 1.44. The van der Waals surface area contributed by atoms with Gasteiger partial charge in [-0.3, -0.25) is 0 Å². The summed E-state index contributed by atoms with van der Waals surface area (Å²) in [4.78, 5) is 0. The predicted octanol–water partition coefficient (Wildman–Crippen LogP) is 2.65. The van der Waals surface area contributed by atoms with E-state index in [4.69, 9.17) is 4.42 Å². The average molecular weight is 193 g/mol. The molecule has 0 saturated carbocycles. The lowest BCUT2D eigenvalue weighted by Crippen LogP contribution is -2.14. The molecule has 78 valence electrons. The maximum Gasteiger partial charge on any atom is 0.111 e. The normalized spacial score (nSPS) is 20.4. The molecule has 2 rings (SSSR count). The summed E-state index contributed by atoms with van der Waals surface area (Å²) in [7, 11) is 2.00. The first-order valence-corrected chi connectivity index (χ1v) is 5.49. The molecular weight excluding hydrogens is 174 g/mol. The van der Waals surface area contributed by atoms with Gasteiger partial charge in [0.2, 0.25) is 0 Å². The highest BCUT2D eigenvalue weighted by molar-refractivity contribution is 5.30. The van der Waals surface area contributed by atoms with Gasteiger partial charge in [0.15, 0.2) is 0 Å². The molecule has 0 amide bonds. The van der Waals surface area contributed by atoms with Crippen LogP contribution in [0.25, 0.3) is 0 Å². The average Bonchev–Trinajstić information content (AvgIpc) is 2.67. The van der Waals surface area contributed by atoms with E-state index >= 15 is 0 Å². The third-order valence-corrected chi connectivity index (χ3v) is 3.01. The van der Waals surface area contributed by atoms with Crippen LogP contribution in [0.5, 0.6) is 0 Å². The van der Waals surface area contributed by atoms with Crippen LogP contribution in [0, 0.1) is 0 Å². The number of furan rings is 1. The molecule has 1 aliphatic rings. The number of nitrogens with one attached hydrogen (secondary N) is 1. The zero-order valence-corrected chi connectivity index (χ0v) is 9.26. The first kappa shape index (κ1) is 9.78. The highest BCUT2D eigenvalue weighted by atomic mass is 16.3. The maximum atomic E-state index is 5.91. The van der Waals surface area contributed by atoms with Gasteiger partial charge in [0.05, 0.1) is 0 Å². The lowest BCUT2D eigenvalue weighted by Gasteiger charge is -2.08. The fraction of sp³-hybridized carbons (Fsp3) is 0.667. The molecule has 0 radical (unpaired) electrons. The second-order valence-electron chi connectivity index (χ2n) is 4.49. The standard InChI is InChI=1S/C12H19NO/c1-8(2)11-6-9-4-5-10(7-13-3)12(9)14-11/h6,8,10,13H,4-5,7H2,1-3H3. The smallest absolute Gasteiger partial charge is 0.111 e. The number of aryl methyl sites for hydroxylation is 1. The van der Waals surface area contributed by atoms with Gasteiger partial charge < -0.3 is 9.73 Å². The quantitative estimate of drug-likeness (QED) is 0.798. The molecule has 1 atom stereocenters. The van der Waals surface area contributed by atoms with Gasteiger partial charge in [-0.2, -0.15) is 0 Å². The molecule has 2 heteroatoms. The monoisotopic (exact) mass is 193 g/mol. The largest absolute Gasteiger partial charge is 0.465 e. The predicted molar refractivity (Wildman–Crippen MR) is 57.8 cm³/mol. The van der Waals surface area contributed by atoms with E-state index in [1.165, 1.54) is 24.2 Å². The van der Waals surface area contributed by atoms with Crippen molar-refractivity contribution in [3.05, 3.63) is 23.2 Å². The van der Waals surface area contributed by atoms with E-state index < -0.39 is 0 Å². The van der Waals surface area contributed by atoms with Crippen molar-refractivity contribution in [3.63, 3.8) is 0 Å². The Kier molecular flexibility index (Phi) is 2.64. The summed E-state index contributed by atoms with van der Waals surface area (Å²) < 4.78 is 5.91. The van der Waals surface area contributed by atoms with Crippen molar-refractivity contribution in [1.29, 1.82) is 0 Å². The van der Waals surface area contributed by atoms with Crippen molar-refractivity contribution < 1.29 is 4.42 Å². The Hall–Kier alpha value is -0.760. The van der Waals surface area contributed by atoms with E-state index in [0.29, 0.717) is 11.8 Å². The van der Waals surface area contributed by atoms with Crippen LogP contribution in [0.1, 0.15) is 49.2 Å². The van der Waals surface area contributed by atoms with Crippen LogP contribution in [0.4, 0.5) is 0 Å². The highest BCUT2D eigenvalue weighted by Gasteiger charge is 2.27. The summed E-state index contributed by atoms with van der Waals surface area (Å²) in [6.07, 6.45) is 2.44. The Bertz CT molecular complexity index is 314. The first-order valence-electron chi connectivity index (χ1n) is 5.49. The minimum absolute atomic E-state index is 0.510. The molecule has 0 spiro atoms. The third kappa shape index (κ3) is 1.59. The fourth-order valence-corrected chi connectivity index (χ4v) is 2.19. The van der Waals surface area contributed by atoms with Gasteiger partial charge in [0.25, 0.3) is 0 Å². The van der Waals surface area contributed by atoms with Crippen LogP contribution in [0.3, 0.4) is 0 Å². The number of rotatable bonds is 3. The molecule has 1 unspecified atom stereocenters. The van der Waals surface area contributed by atoms with Gasteiger partial charge in [0, 0.05) is 18.4 Å². The Morgan fingerprint density at radius 1 is 1.57 bits per heavy atom. The van der Waals surface area contributed by atoms with Gasteiger partial charge >= 0.3 is 0 Å². The third-order valence-electron chi connectivity index (χ3n) is 3.01. The summed E-state index contributed by atoms with van der Waals surface area (Å²) in [5, 5.41) is 3.23. The van der Waals surface area contributed by atoms with Crippen molar-refractivity contribution in [3.8, 4) is 0 Å². The second-order valence-corrected chi connectivity index (χ2v) is 4.49. The van der Waals surface area contributed by atoms with Crippen molar-refractivity contribution in [2.75, 3.05) is 13.6 Å². The van der Waals surface area contributed by atoms with Crippen molar-refractivity contribution in [2.24, 2.45) is 0 Å². The number of hydrogen-bond donors (Lipinski definition) is 1. The molecule has 1 heterocycles. The summed E-state index contributed by atoms with van der Waals surface area (Å²) in [6.45, 7) is 5.40. The molecule has 0 aliphatic heterocycles. The van der Waals surface area contributed by atoms with Crippen LogP contribution in [0.2, 0.25) is 0 Å². The lowest BCUT2D eigenvalue weighted by molar-refractivity contribution is 0.415. The van der Waals surface area contributed by atoms with Gasteiger partial charge in [-0.15, -0.1) is 0 Å². The zero-order chi connectivity index (χ0) is 10.1. The van der Waals surface area contributed by atoms with E-state index in [9.17, 15) is 0 Å². The van der Waals surface area contributed by atoms with Crippen molar-refractivity contribution >= 4 is 0 Å². The van der Waals surface area contributed by atoms with E-state index in [1.807, 2.05) is 7.05 Å². The molecule has 1 aromatic rings. The summed E-state index contributed by atoms with van der Waals surface area (Å²) in [6, 6.07) is 2.25. The van der Waals surface area contributed by atoms with E-state index in [1.54, 1.807) is 0 Å². The highest BCUT2D eigenvalue weighted by Crippen LogP contribution is 2.36. The Morgan fingerprint density at radius 2 is 2.36 bits per heavy atom. The Morgan fingerprint density at radius 3 is 3.00 bits per heavy atom. The number of likely N-dealkylation sites (N-methyl/N-ethyl adjacent to an activating group) is 1. The van der Waals surface area contributed by atoms with E-state index in [-0.39, 0.29) is 0 Å². The fourth-order valence-electron chi connectivity index (χ4n) is 2.19. The van der Waals surface area contributed by atoms with Crippen LogP contribution in [-0.4, -0.2) is 13.6 Å². The first-order chi connectivity index (χ1) is 6.72. The minimum atomic E-state index is 0.510. The molecule has 0 fully saturated rings.